The van der Waals surface area contributed by atoms with Gasteiger partial charge in [0.25, 0.3) is 0 Å². The maximum Gasteiger partial charge on any atom is 0.147 e. The zero-order valence-electron chi connectivity index (χ0n) is 23.3. The number of hydrogen-bond donors (Lipinski definition) is 2. The number of aliphatic hydroxyl groups is 2. The Balaban J connectivity index is 1.47. The van der Waals surface area contributed by atoms with Crippen LogP contribution in [0.1, 0.15) is 83.5 Å². The maximum atomic E-state index is 15.2. The predicted molar refractivity (Wildman–Crippen MR) is 150 cm³/mol. The number of aliphatic hydroxyl groups excluding tert-OH is 2. The van der Waals surface area contributed by atoms with Gasteiger partial charge in [-0.15, -0.1) is 0 Å². The number of allylic oxidation sites excluding steroid dienone is 7. The fourth-order valence-corrected chi connectivity index (χ4v) is 10.6. The van der Waals surface area contributed by atoms with Gasteiger partial charge in [0.05, 0.1) is 19.1 Å². The van der Waals surface area contributed by atoms with Crippen molar-refractivity contribution >= 4 is 0 Å². The Labute approximate surface area is 230 Å². The smallest absolute Gasteiger partial charge is 0.147 e. The van der Waals surface area contributed by atoms with Crippen LogP contribution < -0.4 is 5.11 Å². The van der Waals surface area contributed by atoms with E-state index in [1.807, 2.05) is 12.2 Å². The number of rotatable bonds is 0. The molecular weight excluding hydrogens is 472 g/mol. The van der Waals surface area contributed by atoms with E-state index in [4.69, 9.17) is 0 Å². The van der Waals surface area contributed by atoms with Crippen molar-refractivity contribution in [3.8, 4) is 0 Å². The Hall–Kier alpha value is -1.24. The Morgan fingerprint density at radius 1 is 0.842 bits per heavy atom. The van der Waals surface area contributed by atoms with E-state index >= 15 is 5.11 Å². The third kappa shape index (κ3) is 3.98. The van der Waals surface area contributed by atoms with Crippen LogP contribution in [0.25, 0.3) is 0 Å². The van der Waals surface area contributed by atoms with Crippen molar-refractivity contribution in [2.24, 2.45) is 17.3 Å². The molecule has 5 heteroatoms. The lowest BCUT2D eigenvalue weighted by atomic mass is 9.52. The molecule has 0 radical (unpaired) electrons. The molecule has 1 saturated carbocycles. The van der Waals surface area contributed by atoms with Crippen LogP contribution in [0.15, 0.2) is 48.6 Å². The molecule has 210 valence electrons. The summed E-state index contributed by atoms with van der Waals surface area (Å²) in [6.45, 7) is 3.77. The molecule has 9 atom stereocenters. The summed E-state index contributed by atoms with van der Waals surface area (Å²) >= 11 is 0. The molecule has 3 spiro atoms. The molecule has 6 aliphatic heterocycles. The second kappa shape index (κ2) is 11.0. The van der Waals surface area contributed by atoms with Crippen LogP contribution in [0.5, 0.6) is 0 Å². The fraction of sp³-hybridized carbons (Fsp3) is 0.758. The van der Waals surface area contributed by atoms with Crippen molar-refractivity contribution in [2.45, 2.75) is 113 Å². The minimum absolute atomic E-state index is 0.0685. The highest BCUT2D eigenvalue weighted by Crippen LogP contribution is 2.73. The van der Waals surface area contributed by atoms with E-state index in [1.165, 1.54) is 25.7 Å². The summed E-state index contributed by atoms with van der Waals surface area (Å²) in [6, 6.07) is 0.0685. The average molecular weight is 523 g/mol. The fourth-order valence-electron chi connectivity index (χ4n) is 10.6. The summed E-state index contributed by atoms with van der Waals surface area (Å²) in [4.78, 5) is 2.66. The summed E-state index contributed by atoms with van der Waals surface area (Å²) < 4.78 is 0.513. The summed E-state index contributed by atoms with van der Waals surface area (Å²) in [5.74, 6) is 0.823. The van der Waals surface area contributed by atoms with Crippen molar-refractivity contribution in [2.75, 3.05) is 26.2 Å². The highest BCUT2D eigenvalue weighted by Gasteiger charge is 2.86. The van der Waals surface area contributed by atoms with Gasteiger partial charge in [-0.1, -0.05) is 67.9 Å². The molecule has 4 saturated heterocycles. The molecule has 6 bridgehead atoms. The number of quaternary nitrogens is 1. The highest BCUT2D eigenvalue weighted by molar-refractivity contribution is 5.28. The van der Waals surface area contributed by atoms with Crippen LogP contribution in [0.3, 0.4) is 0 Å². The zero-order chi connectivity index (χ0) is 26.2. The van der Waals surface area contributed by atoms with E-state index in [0.29, 0.717) is 16.3 Å². The summed E-state index contributed by atoms with van der Waals surface area (Å²) in [5, 5.41) is 39.1. The van der Waals surface area contributed by atoms with E-state index in [0.717, 1.165) is 84.0 Å². The van der Waals surface area contributed by atoms with E-state index in [9.17, 15) is 10.2 Å². The van der Waals surface area contributed by atoms with Gasteiger partial charge < -0.3 is 19.8 Å². The first-order chi connectivity index (χ1) is 18.6. The average Bonchev–Trinajstić information content (AvgIpc) is 3.20. The second-order valence-corrected chi connectivity index (χ2v) is 13.4. The maximum absolute atomic E-state index is 15.2. The highest BCUT2D eigenvalue weighted by atomic mass is 16.3. The van der Waals surface area contributed by atoms with Crippen molar-refractivity contribution in [1.82, 2.24) is 4.90 Å². The van der Waals surface area contributed by atoms with Crippen molar-refractivity contribution in [3.05, 3.63) is 48.6 Å². The van der Waals surface area contributed by atoms with E-state index < -0.39 is 24.0 Å². The molecule has 5 fully saturated rings. The predicted octanol–water partition coefficient (Wildman–Crippen LogP) is 4.22. The van der Waals surface area contributed by atoms with Gasteiger partial charge in [-0.05, 0) is 77.3 Å². The first-order valence-corrected chi connectivity index (χ1v) is 15.8. The molecule has 0 aromatic carbocycles. The first-order valence-electron chi connectivity index (χ1n) is 15.8. The van der Waals surface area contributed by atoms with Gasteiger partial charge >= 0.3 is 0 Å². The van der Waals surface area contributed by atoms with Crippen LogP contribution in [0.2, 0.25) is 0 Å². The molecule has 0 aromatic heterocycles. The summed E-state index contributed by atoms with van der Waals surface area (Å²) in [6.07, 6.45) is 28.5. The molecule has 38 heavy (non-hydrogen) atoms. The molecule has 0 amide bonds. The van der Waals surface area contributed by atoms with Gasteiger partial charge in [0.1, 0.15) is 17.7 Å². The Bertz CT molecular complexity index is 960. The lowest BCUT2D eigenvalue weighted by molar-refractivity contribution is -1.04. The molecule has 6 heterocycles. The third-order valence-corrected chi connectivity index (χ3v) is 11.6. The van der Waals surface area contributed by atoms with Gasteiger partial charge in [-0.25, -0.2) is 0 Å². The van der Waals surface area contributed by atoms with E-state index in [2.05, 4.69) is 35.3 Å². The van der Waals surface area contributed by atoms with Gasteiger partial charge in [0, 0.05) is 23.5 Å². The van der Waals surface area contributed by atoms with Crippen LogP contribution in [0, 0.1) is 17.3 Å². The minimum atomic E-state index is -0.950. The SMILES string of the molecule is [O-]C1C23CCCCCC/C=C\CCCN4CCC5C(C2)C[N+]12CCC/C=C\C/C=C\C=C\[C@H](O)[C@@H](O)C52[C@H]43. The molecule has 7 aliphatic rings. The lowest BCUT2D eigenvalue weighted by Crippen LogP contribution is -2.77. The molecule has 1 aliphatic carbocycles. The first kappa shape index (κ1) is 27.0. The largest absolute Gasteiger partial charge is 0.806 e. The molecule has 6 unspecified atom stereocenters. The molecule has 2 N–H and O–H groups in total. The number of hydrogen-bond acceptors (Lipinski definition) is 4. The van der Waals surface area contributed by atoms with Crippen molar-refractivity contribution in [3.63, 3.8) is 0 Å². The third-order valence-electron chi connectivity index (χ3n) is 11.6. The van der Waals surface area contributed by atoms with Gasteiger partial charge in [0.15, 0.2) is 0 Å². The quantitative estimate of drug-likeness (QED) is 0.369. The van der Waals surface area contributed by atoms with Gasteiger partial charge in [-0.2, -0.15) is 0 Å². The molecule has 0 aromatic rings. The van der Waals surface area contributed by atoms with Gasteiger partial charge in [0.2, 0.25) is 0 Å². The van der Waals surface area contributed by atoms with E-state index in [1.54, 1.807) is 6.08 Å². The normalized spacial score (nSPS) is 51.3. The van der Waals surface area contributed by atoms with Gasteiger partial charge in [-0.3, -0.25) is 4.90 Å². The standard InChI is InChI=1S/C33H50N2O3/c36-28-18-14-10-6-2-5-9-13-17-23-35-25-26-24-32(31(35)38)20-15-11-7-3-1-4-8-12-16-21-34-22-19-27(26)33(35,29(28)37)30(32)34/h4-6,8-10,14,18,26-31,36-37H,1-3,7,11-13,15-17,19-25H2/b8-4-,9-5-,10-6-,18-14+/t26?,27?,28-,29+,30+,31?,32?,33?,35?/m0/s1. The van der Waals surface area contributed by atoms with Crippen LogP contribution in [0.4, 0.5) is 0 Å². The zero-order valence-corrected chi connectivity index (χ0v) is 23.3. The topological polar surface area (TPSA) is 66.8 Å². The molecular formula is C33H50N2O3. The second-order valence-electron chi connectivity index (χ2n) is 13.4. The summed E-state index contributed by atoms with van der Waals surface area (Å²) in [5.41, 5.74) is -0.865. The number of nitrogens with zero attached hydrogens (tertiary/aromatic N) is 2. The van der Waals surface area contributed by atoms with Crippen LogP contribution in [-0.2, 0) is 0 Å². The van der Waals surface area contributed by atoms with Crippen LogP contribution in [-0.4, -0.2) is 75.8 Å². The Kier molecular flexibility index (Phi) is 7.78. The Morgan fingerprint density at radius 2 is 1.63 bits per heavy atom. The minimum Gasteiger partial charge on any atom is -0.806 e. The monoisotopic (exact) mass is 522 g/mol. The summed E-state index contributed by atoms with van der Waals surface area (Å²) in [7, 11) is 0. The van der Waals surface area contributed by atoms with Crippen molar-refractivity contribution < 1.29 is 19.8 Å². The molecule has 7 rings (SSSR count). The molecule has 5 nitrogen and oxygen atoms in total. The Morgan fingerprint density at radius 3 is 2.53 bits per heavy atom. The van der Waals surface area contributed by atoms with Crippen molar-refractivity contribution in [1.29, 1.82) is 0 Å². The number of piperidine rings is 2. The van der Waals surface area contributed by atoms with E-state index in [-0.39, 0.29) is 11.5 Å². The van der Waals surface area contributed by atoms with Crippen LogP contribution >= 0.6 is 0 Å². The lowest BCUT2D eigenvalue weighted by Gasteiger charge is -2.59.